The molecule has 0 saturated heterocycles. The number of rotatable bonds is 5. The lowest BCUT2D eigenvalue weighted by Crippen LogP contribution is -2.29. The second kappa shape index (κ2) is 8.71. The van der Waals surface area contributed by atoms with E-state index in [1.165, 1.54) is 11.6 Å². The highest BCUT2D eigenvalue weighted by Gasteiger charge is 2.14. The van der Waals surface area contributed by atoms with Gasteiger partial charge in [0.15, 0.2) is 0 Å². The lowest BCUT2D eigenvalue weighted by atomic mass is 10.1. The van der Waals surface area contributed by atoms with E-state index in [4.69, 9.17) is 23.2 Å². The molecule has 2 amide bonds. The summed E-state index contributed by atoms with van der Waals surface area (Å²) in [6, 6.07) is 12.1. The van der Waals surface area contributed by atoms with Gasteiger partial charge in [-0.3, -0.25) is 9.59 Å². The van der Waals surface area contributed by atoms with Crippen molar-refractivity contribution in [3.63, 3.8) is 0 Å². The Morgan fingerprint density at radius 2 is 1.46 bits per heavy atom. The Morgan fingerprint density at radius 1 is 0.875 bits per heavy atom. The van der Waals surface area contributed by atoms with Crippen LogP contribution in [-0.4, -0.2) is 11.8 Å². The summed E-state index contributed by atoms with van der Waals surface area (Å²) in [5, 5.41) is 5.72. The summed E-state index contributed by atoms with van der Waals surface area (Å²) >= 11 is 11.7. The second-order valence-electron chi connectivity index (χ2n) is 5.34. The summed E-state index contributed by atoms with van der Waals surface area (Å²) in [4.78, 5) is 23.9. The van der Waals surface area contributed by atoms with Crippen molar-refractivity contribution in [3.05, 3.63) is 58.1 Å². The highest BCUT2D eigenvalue weighted by atomic mass is 35.5. The fourth-order valence-corrected chi connectivity index (χ4v) is 2.38. The first-order valence-electron chi connectivity index (χ1n) is 7.66. The minimum absolute atomic E-state index is 0.303. The van der Waals surface area contributed by atoms with Crippen molar-refractivity contribution in [3.8, 4) is 0 Å². The SMILES string of the molecule is CCCCc1ccc(NC(=O)C(=O)Nc2ccc(Cl)c(Cl)c2)cc1. The van der Waals surface area contributed by atoms with Crippen LogP contribution in [0.15, 0.2) is 42.5 Å². The minimum Gasteiger partial charge on any atom is -0.318 e. The molecule has 0 aromatic heterocycles. The van der Waals surface area contributed by atoms with E-state index in [9.17, 15) is 9.59 Å². The van der Waals surface area contributed by atoms with Gasteiger partial charge >= 0.3 is 11.8 Å². The number of hydrogen-bond donors (Lipinski definition) is 2. The molecule has 2 rings (SSSR count). The minimum atomic E-state index is -0.775. The van der Waals surface area contributed by atoms with Gasteiger partial charge in [0.2, 0.25) is 0 Å². The highest BCUT2D eigenvalue weighted by molar-refractivity contribution is 6.44. The number of carbonyl (C=O) groups excluding carboxylic acids is 2. The molecule has 0 atom stereocenters. The van der Waals surface area contributed by atoms with Crippen molar-refractivity contribution in [1.82, 2.24) is 0 Å². The lowest BCUT2D eigenvalue weighted by Gasteiger charge is -2.08. The molecule has 2 aromatic carbocycles. The maximum Gasteiger partial charge on any atom is 0.314 e. The van der Waals surface area contributed by atoms with Crippen molar-refractivity contribution in [2.24, 2.45) is 0 Å². The zero-order valence-electron chi connectivity index (χ0n) is 13.2. The average molecular weight is 365 g/mol. The number of halogens is 2. The van der Waals surface area contributed by atoms with E-state index in [0.717, 1.165) is 19.3 Å². The highest BCUT2D eigenvalue weighted by Crippen LogP contribution is 2.25. The molecule has 0 aliphatic heterocycles. The Morgan fingerprint density at radius 3 is 2.04 bits per heavy atom. The monoisotopic (exact) mass is 364 g/mol. The average Bonchev–Trinajstić information content (AvgIpc) is 2.57. The van der Waals surface area contributed by atoms with E-state index >= 15 is 0 Å². The Bertz CT molecular complexity index is 730. The van der Waals surface area contributed by atoms with Crippen molar-refractivity contribution in [1.29, 1.82) is 0 Å². The first-order valence-corrected chi connectivity index (χ1v) is 8.41. The molecule has 4 nitrogen and oxygen atoms in total. The van der Waals surface area contributed by atoms with Gasteiger partial charge in [0.1, 0.15) is 0 Å². The Kier molecular flexibility index (Phi) is 6.64. The number of unbranched alkanes of at least 4 members (excludes halogenated alkanes) is 1. The van der Waals surface area contributed by atoms with Gasteiger partial charge in [-0.1, -0.05) is 48.7 Å². The molecule has 0 radical (unpaired) electrons. The molecule has 0 spiro atoms. The molecular formula is C18H18Cl2N2O2. The molecule has 2 aromatic rings. The summed E-state index contributed by atoms with van der Waals surface area (Å²) < 4.78 is 0. The molecular weight excluding hydrogens is 347 g/mol. The van der Waals surface area contributed by atoms with Crippen LogP contribution in [0.2, 0.25) is 10.0 Å². The van der Waals surface area contributed by atoms with Crippen LogP contribution in [0.1, 0.15) is 25.3 Å². The van der Waals surface area contributed by atoms with Gasteiger partial charge in [0.05, 0.1) is 10.0 Å². The van der Waals surface area contributed by atoms with Crippen LogP contribution >= 0.6 is 23.2 Å². The first-order chi connectivity index (χ1) is 11.5. The normalized spacial score (nSPS) is 10.3. The fourth-order valence-electron chi connectivity index (χ4n) is 2.09. The van der Waals surface area contributed by atoms with E-state index in [-0.39, 0.29) is 0 Å². The van der Waals surface area contributed by atoms with Gasteiger partial charge in [-0.15, -0.1) is 0 Å². The first kappa shape index (κ1) is 18.3. The molecule has 0 bridgehead atoms. The van der Waals surface area contributed by atoms with Gasteiger partial charge in [0, 0.05) is 11.4 Å². The zero-order chi connectivity index (χ0) is 17.5. The van der Waals surface area contributed by atoms with Crippen molar-refractivity contribution < 1.29 is 9.59 Å². The smallest absolute Gasteiger partial charge is 0.314 e. The third kappa shape index (κ3) is 5.25. The number of hydrogen-bond acceptors (Lipinski definition) is 2. The summed E-state index contributed by atoms with van der Waals surface area (Å²) in [7, 11) is 0. The van der Waals surface area contributed by atoms with Crippen molar-refractivity contribution >= 4 is 46.4 Å². The molecule has 2 N–H and O–H groups in total. The lowest BCUT2D eigenvalue weighted by molar-refractivity contribution is -0.132. The quantitative estimate of drug-likeness (QED) is 0.740. The number of benzene rings is 2. The molecule has 0 fully saturated rings. The Balaban J connectivity index is 1.93. The van der Waals surface area contributed by atoms with E-state index in [1.54, 1.807) is 24.3 Å². The molecule has 0 aliphatic carbocycles. The van der Waals surface area contributed by atoms with Gasteiger partial charge in [-0.05, 0) is 48.7 Å². The molecule has 0 saturated carbocycles. The van der Waals surface area contributed by atoms with Crippen LogP contribution in [0.4, 0.5) is 11.4 Å². The van der Waals surface area contributed by atoms with Crippen LogP contribution in [0, 0.1) is 0 Å². The number of aryl methyl sites for hydroxylation is 1. The number of carbonyl (C=O) groups is 2. The van der Waals surface area contributed by atoms with E-state index in [0.29, 0.717) is 21.4 Å². The van der Waals surface area contributed by atoms with E-state index in [2.05, 4.69) is 17.6 Å². The van der Waals surface area contributed by atoms with Crippen LogP contribution in [0.25, 0.3) is 0 Å². The third-order valence-electron chi connectivity index (χ3n) is 3.41. The van der Waals surface area contributed by atoms with Crippen LogP contribution in [0.5, 0.6) is 0 Å². The fraction of sp³-hybridized carbons (Fsp3) is 0.222. The molecule has 24 heavy (non-hydrogen) atoms. The molecule has 126 valence electrons. The predicted octanol–water partition coefficient (Wildman–Crippen LogP) is 4.91. The summed E-state index contributed by atoms with van der Waals surface area (Å²) in [5.41, 5.74) is 2.18. The van der Waals surface area contributed by atoms with Crippen LogP contribution in [0.3, 0.4) is 0 Å². The standard InChI is InChI=1S/C18H18Cl2N2O2/c1-2-3-4-12-5-7-13(8-6-12)21-17(23)18(24)22-14-9-10-15(19)16(20)11-14/h5-11H,2-4H2,1H3,(H,21,23)(H,22,24). The summed E-state index contributed by atoms with van der Waals surface area (Å²) in [5.74, 6) is -1.52. The maximum absolute atomic E-state index is 11.9. The van der Waals surface area contributed by atoms with E-state index in [1.807, 2.05) is 12.1 Å². The largest absolute Gasteiger partial charge is 0.318 e. The number of amides is 2. The van der Waals surface area contributed by atoms with Crippen LogP contribution < -0.4 is 10.6 Å². The topological polar surface area (TPSA) is 58.2 Å². The second-order valence-corrected chi connectivity index (χ2v) is 6.15. The van der Waals surface area contributed by atoms with Gasteiger partial charge < -0.3 is 10.6 Å². The molecule has 6 heteroatoms. The maximum atomic E-state index is 11.9. The number of nitrogens with one attached hydrogen (secondary N) is 2. The Labute approximate surface area is 151 Å². The molecule has 0 aliphatic rings. The van der Waals surface area contributed by atoms with E-state index < -0.39 is 11.8 Å². The summed E-state index contributed by atoms with van der Waals surface area (Å²) in [6.07, 6.45) is 3.26. The van der Waals surface area contributed by atoms with Crippen molar-refractivity contribution in [2.75, 3.05) is 10.6 Å². The number of anilines is 2. The van der Waals surface area contributed by atoms with Gasteiger partial charge in [0.25, 0.3) is 0 Å². The van der Waals surface area contributed by atoms with Gasteiger partial charge in [-0.2, -0.15) is 0 Å². The Hall–Kier alpha value is -2.04. The molecule has 0 heterocycles. The summed E-state index contributed by atoms with van der Waals surface area (Å²) in [6.45, 7) is 2.14. The van der Waals surface area contributed by atoms with Crippen molar-refractivity contribution in [2.45, 2.75) is 26.2 Å². The zero-order valence-corrected chi connectivity index (χ0v) is 14.7. The molecule has 0 unspecified atom stereocenters. The van der Waals surface area contributed by atoms with Gasteiger partial charge in [-0.25, -0.2) is 0 Å². The predicted molar refractivity (Wildman–Crippen MR) is 98.8 cm³/mol. The van der Waals surface area contributed by atoms with Crippen LogP contribution in [-0.2, 0) is 16.0 Å². The third-order valence-corrected chi connectivity index (χ3v) is 4.15.